The number of hydrogen-bond acceptors (Lipinski definition) is 8. The summed E-state index contributed by atoms with van der Waals surface area (Å²) < 4.78 is 22.8. The van der Waals surface area contributed by atoms with Gasteiger partial charge in [0.05, 0.1) is 4.47 Å². The van der Waals surface area contributed by atoms with Gasteiger partial charge >= 0.3 is 12.1 Å². The molecule has 1 saturated heterocycles. The highest BCUT2D eigenvalue weighted by Crippen LogP contribution is 2.35. The SMILES string of the molecule is COC(C(=O)N1C(=O)OCC1c1ccccc1)C(OC(C)=O)c1cc(Br)c(CCCCCCO)o1. The van der Waals surface area contributed by atoms with Crippen LogP contribution in [0.3, 0.4) is 0 Å². The number of cyclic esters (lactones) is 1. The number of furan rings is 1. The number of carbonyl (C=O) groups excluding carboxylic acids is 3. The van der Waals surface area contributed by atoms with E-state index in [4.69, 9.17) is 23.7 Å². The summed E-state index contributed by atoms with van der Waals surface area (Å²) in [5.74, 6) is -0.465. The minimum absolute atomic E-state index is 0.00990. The van der Waals surface area contributed by atoms with E-state index in [1.807, 2.05) is 18.2 Å². The van der Waals surface area contributed by atoms with Gasteiger partial charge in [-0.1, -0.05) is 43.2 Å². The van der Waals surface area contributed by atoms with Gasteiger partial charge in [0, 0.05) is 27.1 Å². The third kappa shape index (κ3) is 6.71. The number of amides is 2. The number of unbranched alkanes of at least 4 members (excludes halogenated alkanes) is 3. The van der Waals surface area contributed by atoms with Gasteiger partial charge in [0.2, 0.25) is 0 Å². The topological polar surface area (TPSA) is 116 Å². The molecule has 1 aliphatic rings. The van der Waals surface area contributed by atoms with Crippen molar-refractivity contribution in [2.45, 2.75) is 57.3 Å². The van der Waals surface area contributed by atoms with Crippen LogP contribution in [0.4, 0.5) is 4.79 Å². The largest absolute Gasteiger partial charge is 0.461 e. The smallest absolute Gasteiger partial charge is 0.417 e. The molecule has 0 radical (unpaired) electrons. The molecule has 3 rings (SSSR count). The van der Waals surface area contributed by atoms with Crippen molar-refractivity contribution in [3.63, 3.8) is 0 Å². The molecule has 0 spiro atoms. The molecule has 9 nitrogen and oxygen atoms in total. The number of ether oxygens (including phenoxy) is 3. The minimum atomic E-state index is -1.34. The first kappa shape index (κ1) is 26.9. The van der Waals surface area contributed by atoms with Gasteiger partial charge in [-0.2, -0.15) is 0 Å². The fourth-order valence-corrected chi connectivity index (χ4v) is 4.52. The Morgan fingerprint density at radius 1 is 1.20 bits per heavy atom. The van der Waals surface area contributed by atoms with Gasteiger partial charge in [-0.3, -0.25) is 9.59 Å². The van der Waals surface area contributed by atoms with E-state index in [1.54, 1.807) is 18.2 Å². The van der Waals surface area contributed by atoms with Crippen LogP contribution in [-0.2, 0) is 30.2 Å². The Morgan fingerprint density at radius 2 is 1.91 bits per heavy atom. The second-order valence-electron chi connectivity index (χ2n) is 8.21. The summed E-state index contributed by atoms with van der Waals surface area (Å²) in [4.78, 5) is 39.0. The minimum Gasteiger partial charge on any atom is -0.461 e. The first-order valence-corrected chi connectivity index (χ1v) is 12.3. The number of aliphatic hydroxyl groups is 1. The fraction of sp³-hybridized carbons (Fsp3) is 0.480. The van der Waals surface area contributed by atoms with Crippen molar-refractivity contribution in [1.82, 2.24) is 4.90 Å². The van der Waals surface area contributed by atoms with Crippen molar-refractivity contribution in [3.05, 3.63) is 58.0 Å². The average Bonchev–Trinajstić information content (AvgIpc) is 3.41. The normalized spacial score (nSPS) is 17.2. The molecule has 3 unspecified atom stereocenters. The van der Waals surface area contributed by atoms with E-state index < -0.39 is 36.2 Å². The third-order valence-corrected chi connectivity index (χ3v) is 6.40. The highest BCUT2D eigenvalue weighted by Gasteiger charge is 2.46. The number of aryl methyl sites for hydroxylation is 1. The molecule has 0 saturated carbocycles. The van der Waals surface area contributed by atoms with Crippen molar-refractivity contribution in [2.75, 3.05) is 20.3 Å². The zero-order chi connectivity index (χ0) is 25.4. The lowest BCUT2D eigenvalue weighted by molar-refractivity contribution is -0.164. The standard InChI is InChI=1S/C25H30BrNO8/c1-16(29)34-22(21-14-18(26)20(35-21)12-8-3-4-9-13-28)23(32-2)24(30)27-19(15-33-25(27)31)17-10-6-5-7-11-17/h5-7,10-11,14,19,22-23,28H,3-4,8-9,12-13,15H2,1-2H3. The van der Waals surface area contributed by atoms with Crippen LogP contribution in [0.2, 0.25) is 0 Å². The highest BCUT2D eigenvalue weighted by atomic mass is 79.9. The summed E-state index contributed by atoms with van der Waals surface area (Å²) in [5.41, 5.74) is 0.731. The van der Waals surface area contributed by atoms with E-state index in [9.17, 15) is 14.4 Å². The molecule has 1 N–H and O–H groups in total. The number of aliphatic hydroxyl groups excluding tert-OH is 1. The lowest BCUT2D eigenvalue weighted by Gasteiger charge is -2.28. The molecule has 35 heavy (non-hydrogen) atoms. The Morgan fingerprint density at radius 3 is 2.57 bits per heavy atom. The molecule has 190 valence electrons. The van der Waals surface area contributed by atoms with E-state index in [-0.39, 0.29) is 19.0 Å². The number of hydrogen-bond donors (Lipinski definition) is 1. The van der Waals surface area contributed by atoms with Crippen LogP contribution in [0, 0.1) is 0 Å². The number of esters is 1. The second kappa shape index (κ2) is 12.9. The van der Waals surface area contributed by atoms with E-state index in [0.29, 0.717) is 16.7 Å². The van der Waals surface area contributed by atoms with Crippen LogP contribution < -0.4 is 0 Å². The number of benzene rings is 1. The van der Waals surface area contributed by atoms with E-state index in [1.165, 1.54) is 14.0 Å². The van der Waals surface area contributed by atoms with Crippen LogP contribution >= 0.6 is 15.9 Å². The number of methoxy groups -OCH3 is 1. The Labute approximate surface area is 212 Å². The van der Waals surface area contributed by atoms with Crippen LogP contribution in [0.25, 0.3) is 0 Å². The molecule has 2 amide bonds. The molecular weight excluding hydrogens is 522 g/mol. The summed E-state index contributed by atoms with van der Waals surface area (Å²) in [7, 11) is 1.30. The zero-order valence-electron chi connectivity index (χ0n) is 19.8. The number of imide groups is 1. The molecule has 1 aliphatic heterocycles. The lowest BCUT2D eigenvalue weighted by atomic mass is 10.0. The zero-order valence-corrected chi connectivity index (χ0v) is 21.4. The van der Waals surface area contributed by atoms with Gasteiger partial charge in [-0.25, -0.2) is 9.69 Å². The molecular formula is C25H30BrNO8. The van der Waals surface area contributed by atoms with Crippen LogP contribution in [0.5, 0.6) is 0 Å². The Hall–Kier alpha value is -2.69. The maximum absolute atomic E-state index is 13.6. The number of nitrogens with zero attached hydrogens (tertiary/aromatic N) is 1. The van der Waals surface area contributed by atoms with E-state index in [0.717, 1.165) is 36.1 Å². The predicted molar refractivity (Wildman–Crippen MR) is 128 cm³/mol. The quantitative estimate of drug-likeness (QED) is 0.303. The maximum Gasteiger partial charge on any atom is 0.417 e. The van der Waals surface area contributed by atoms with Crippen molar-refractivity contribution < 1.29 is 38.1 Å². The number of rotatable bonds is 12. The van der Waals surface area contributed by atoms with Crippen molar-refractivity contribution in [2.24, 2.45) is 0 Å². The van der Waals surface area contributed by atoms with Gasteiger partial charge in [0.25, 0.3) is 5.91 Å². The predicted octanol–water partition coefficient (Wildman–Crippen LogP) is 4.48. The molecule has 10 heteroatoms. The van der Waals surface area contributed by atoms with Crippen LogP contribution in [0.1, 0.15) is 61.8 Å². The molecule has 1 aromatic heterocycles. The summed E-state index contributed by atoms with van der Waals surface area (Å²) in [6.07, 6.45) is 0.699. The molecule has 0 aliphatic carbocycles. The average molecular weight is 552 g/mol. The van der Waals surface area contributed by atoms with Crippen LogP contribution in [0.15, 0.2) is 45.3 Å². The van der Waals surface area contributed by atoms with Gasteiger partial charge in [-0.15, -0.1) is 0 Å². The Balaban J connectivity index is 1.84. The third-order valence-electron chi connectivity index (χ3n) is 5.73. The van der Waals surface area contributed by atoms with Crippen molar-refractivity contribution in [1.29, 1.82) is 0 Å². The van der Waals surface area contributed by atoms with Gasteiger partial charge < -0.3 is 23.7 Å². The fourth-order valence-electron chi connectivity index (χ4n) is 4.01. The molecule has 0 bridgehead atoms. The van der Waals surface area contributed by atoms with E-state index in [2.05, 4.69) is 15.9 Å². The molecule has 1 fully saturated rings. The van der Waals surface area contributed by atoms with E-state index >= 15 is 0 Å². The molecule has 2 aromatic rings. The highest BCUT2D eigenvalue weighted by molar-refractivity contribution is 9.10. The summed E-state index contributed by atoms with van der Waals surface area (Å²) in [6.45, 7) is 1.40. The summed E-state index contributed by atoms with van der Waals surface area (Å²) in [5, 5.41) is 8.92. The van der Waals surface area contributed by atoms with Crippen LogP contribution in [-0.4, -0.2) is 54.4 Å². The summed E-state index contributed by atoms with van der Waals surface area (Å²) in [6, 6.07) is 10.1. The molecule has 1 aromatic carbocycles. The Kier molecular flexibility index (Phi) is 9.88. The number of carbonyl (C=O) groups is 3. The first-order chi connectivity index (χ1) is 16.9. The monoisotopic (exact) mass is 551 g/mol. The molecule has 2 heterocycles. The van der Waals surface area contributed by atoms with Gasteiger partial charge in [-0.05, 0) is 40.4 Å². The summed E-state index contributed by atoms with van der Waals surface area (Å²) >= 11 is 3.47. The Bertz CT molecular complexity index is 1010. The van der Waals surface area contributed by atoms with Crippen molar-refractivity contribution >= 4 is 33.9 Å². The number of halogens is 1. The van der Waals surface area contributed by atoms with Gasteiger partial charge in [0.1, 0.15) is 24.2 Å². The second-order valence-corrected chi connectivity index (χ2v) is 9.06. The molecule has 3 atom stereocenters. The first-order valence-electron chi connectivity index (χ1n) is 11.5. The lowest BCUT2D eigenvalue weighted by Crippen LogP contribution is -2.45. The van der Waals surface area contributed by atoms with Crippen molar-refractivity contribution in [3.8, 4) is 0 Å². The maximum atomic E-state index is 13.6. The van der Waals surface area contributed by atoms with Gasteiger partial charge in [0.15, 0.2) is 12.2 Å².